The van der Waals surface area contributed by atoms with Gasteiger partial charge in [-0.05, 0) is 30.7 Å². The molecular formula is C20H16Cl2N2O4S. The van der Waals surface area contributed by atoms with Crippen LogP contribution in [0.3, 0.4) is 0 Å². The Labute approximate surface area is 177 Å². The van der Waals surface area contributed by atoms with Crippen molar-refractivity contribution in [3.8, 4) is 11.6 Å². The minimum Gasteiger partial charge on any atom is -0.494 e. The van der Waals surface area contributed by atoms with Crippen LogP contribution in [0.2, 0.25) is 10.0 Å². The van der Waals surface area contributed by atoms with Gasteiger partial charge in [0.2, 0.25) is 5.88 Å². The molecule has 0 saturated carbocycles. The summed E-state index contributed by atoms with van der Waals surface area (Å²) >= 11 is 12.3. The first-order chi connectivity index (χ1) is 13.8. The molecule has 2 heterocycles. The average molecular weight is 451 g/mol. The average Bonchev–Trinajstić information content (AvgIpc) is 3.03. The summed E-state index contributed by atoms with van der Waals surface area (Å²) in [5.74, 6) is -0.274. The number of nitrogens with zero attached hydrogens (tertiary/aromatic N) is 2. The molecule has 0 spiro atoms. The number of hydrogen-bond donors (Lipinski definition) is 1. The lowest BCUT2D eigenvalue weighted by Gasteiger charge is -2.15. The summed E-state index contributed by atoms with van der Waals surface area (Å²) in [6.07, 6.45) is 1.86. The molecular weight excluding hydrogens is 435 g/mol. The summed E-state index contributed by atoms with van der Waals surface area (Å²) in [5.41, 5.74) is 0.0916. The van der Waals surface area contributed by atoms with E-state index in [1.54, 1.807) is 30.3 Å². The Morgan fingerprint density at radius 3 is 2.55 bits per heavy atom. The molecule has 1 aliphatic heterocycles. The molecule has 0 bridgehead atoms. The van der Waals surface area contributed by atoms with Gasteiger partial charge in [0.1, 0.15) is 0 Å². The molecule has 1 fully saturated rings. The van der Waals surface area contributed by atoms with E-state index in [1.165, 1.54) is 18.3 Å². The lowest BCUT2D eigenvalue weighted by atomic mass is 10.1. The number of hydrogen-bond acceptors (Lipinski definition) is 5. The summed E-state index contributed by atoms with van der Waals surface area (Å²) in [6, 6.07) is 11.0. The molecule has 1 aliphatic rings. The van der Waals surface area contributed by atoms with E-state index >= 15 is 0 Å². The molecule has 3 aromatic rings. The van der Waals surface area contributed by atoms with Crippen LogP contribution in [0.1, 0.15) is 12.0 Å². The van der Waals surface area contributed by atoms with Crippen LogP contribution in [-0.4, -0.2) is 41.9 Å². The van der Waals surface area contributed by atoms with Crippen LogP contribution in [0.25, 0.3) is 16.5 Å². The molecule has 6 nitrogen and oxygen atoms in total. The number of aliphatic imine (C=N–C) groups is 1. The van der Waals surface area contributed by atoms with Gasteiger partial charge in [-0.25, -0.2) is 13.0 Å². The Bertz CT molecular complexity index is 1320. The van der Waals surface area contributed by atoms with Crippen molar-refractivity contribution in [2.45, 2.75) is 12.5 Å². The number of aromatic nitrogens is 1. The van der Waals surface area contributed by atoms with E-state index in [0.29, 0.717) is 27.8 Å². The van der Waals surface area contributed by atoms with E-state index in [4.69, 9.17) is 23.2 Å². The van der Waals surface area contributed by atoms with E-state index in [2.05, 4.69) is 4.99 Å². The highest BCUT2D eigenvalue weighted by Gasteiger charge is 2.27. The first-order valence-corrected chi connectivity index (χ1v) is 11.4. The highest BCUT2D eigenvalue weighted by molar-refractivity contribution is 7.91. The van der Waals surface area contributed by atoms with E-state index in [1.807, 2.05) is 0 Å². The molecule has 0 aliphatic carbocycles. The van der Waals surface area contributed by atoms with Crippen LogP contribution in [0.15, 0.2) is 52.3 Å². The first-order valence-electron chi connectivity index (χ1n) is 8.82. The Hall–Kier alpha value is -2.35. The number of fused-ring (bicyclic) bond motifs is 1. The van der Waals surface area contributed by atoms with Gasteiger partial charge in [0, 0.05) is 22.0 Å². The smallest absolute Gasteiger partial charge is 0.265 e. The fraction of sp³-hybridized carbons (Fsp3) is 0.200. The molecule has 2 aromatic carbocycles. The maximum atomic E-state index is 13.1. The summed E-state index contributed by atoms with van der Waals surface area (Å²) in [6.45, 7) is 0. The summed E-state index contributed by atoms with van der Waals surface area (Å²) < 4.78 is 24.5. The Morgan fingerprint density at radius 1 is 1.14 bits per heavy atom. The molecule has 4 rings (SSSR count). The molecule has 1 unspecified atom stereocenters. The SMILES string of the molecule is O=c1c2ccccc2c(C=NC2CCS(=O)(=O)C2)c(O)n1-c1cc(Cl)ccc1Cl. The zero-order valence-electron chi connectivity index (χ0n) is 15.0. The number of halogens is 2. The molecule has 29 heavy (non-hydrogen) atoms. The number of rotatable bonds is 3. The largest absolute Gasteiger partial charge is 0.494 e. The van der Waals surface area contributed by atoms with Crippen LogP contribution < -0.4 is 5.56 Å². The summed E-state index contributed by atoms with van der Waals surface area (Å²) in [4.78, 5) is 17.5. The van der Waals surface area contributed by atoms with E-state index in [9.17, 15) is 18.3 Å². The second kappa shape index (κ2) is 7.48. The standard InChI is InChI=1S/C20H16Cl2N2O4S/c21-12-5-6-17(22)18(9-12)24-19(25)15-4-2-1-3-14(15)16(20(24)26)10-23-13-7-8-29(27,28)11-13/h1-6,9-10,13,26H,7-8,11H2. The Balaban J connectivity index is 1.95. The molecule has 0 radical (unpaired) electrons. The van der Waals surface area contributed by atoms with Crippen molar-refractivity contribution in [1.29, 1.82) is 0 Å². The maximum absolute atomic E-state index is 13.1. The van der Waals surface area contributed by atoms with E-state index < -0.39 is 15.4 Å². The number of aromatic hydroxyl groups is 1. The summed E-state index contributed by atoms with van der Waals surface area (Å²) in [5, 5.41) is 12.4. The number of pyridine rings is 1. The lowest BCUT2D eigenvalue weighted by molar-refractivity contribution is 0.436. The molecule has 1 N–H and O–H groups in total. The molecule has 1 atom stereocenters. The van der Waals surface area contributed by atoms with Gasteiger partial charge < -0.3 is 5.11 Å². The normalized spacial score (nSPS) is 18.6. The van der Waals surface area contributed by atoms with Crippen LogP contribution in [-0.2, 0) is 9.84 Å². The fourth-order valence-electron chi connectivity index (χ4n) is 3.44. The second-order valence-electron chi connectivity index (χ2n) is 6.85. The second-order valence-corrected chi connectivity index (χ2v) is 9.93. The van der Waals surface area contributed by atoms with Gasteiger partial charge in [-0.15, -0.1) is 0 Å². The third-order valence-electron chi connectivity index (χ3n) is 4.88. The fourth-order valence-corrected chi connectivity index (χ4v) is 5.45. The van der Waals surface area contributed by atoms with Crippen molar-refractivity contribution in [3.05, 3.63) is 68.4 Å². The minimum atomic E-state index is -3.08. The van der Waals surface area contributed by atoms with Gasteiger partial charge in [0.15, 0.2) is 9.84 Å². The van der Waals surface area contributed by atoms with Crippen LogP contribution >= 0.6 is 23.2 Å². The maximum Gasteiger partial charge on any atom is 0.265 e. The first kappa shape index (κ1) is 19.9. The van der Waals surface area contributed by atoms with E-state index in [-0.39, 0.29) is 34.1 Å². The predicted molar refractivity (Wildman–Crippen MR) is 116 cm³/mol. The van der Waals surface area contributed by atoms with Gasteiger partial charge in [0.05, 0.1) is 33.8 Å². The van der Waals surface area contributed by atoms with Gasteiger partial charge >= 0.3 is 0 Å². The van der Waals surface area contributed by atoms with Crippen molar-refractivity contribution in [2.75, 3.05) is 11.5 Å². The van der Waals surface area contributed by atoms with E-state index in [0.717, 1.165) is 4.57 Å². The highest BCUT2D eigenvalue weighted by atomic mass is 35.5. The van der Waals surface area contributed by atoms with Gasteiger partial charge in [-0.3, -0.25) is 9.79 Å². The van der Waals surface area contributed by atoms with Crippen molar-refractivity contribution in [2.24, 2.45) is 4.99 Å². The monoisotopic (exact) mass is 450 g/mol. The lowest BCUT2D eigenvalue weighted by Crippen LogP contribution is -2.20. The zero-order valence-corrected chi connectivity index (χ0v) is 17.4. The predicted octanol–water partition coefficient (Wildman–Crippen LogP) is 3.61. The number of benzene rings is 2. The quantitative estimate of drug-likeness (QED) is 0.617. The van der Waals surface area contributed by atoms with Crippen molar-refractivity contribution in [3.63, 3.8) is 0 Å². The van der Waals surface area contributed by atoms with Crippen molar-refractivity contribution in [1.82, 2.24) is 4.57 Å². The van der Waals surface area contributed by atoms with Crippen LogP contribution in [0.4, 0.5) is 0 Å². The van der Waals surface area contributed by atoms with Gasteiger partial charge in [0.25, 0.3) is 5.56 Å². The topological polar surface area (TPSA) is 88.7 Å². The third kappa shape index (κ3) is 3.77. The molecule has 150 valence electrons. The van der Waals surface area contributed by atoms with Crippen molar-refractivity contribution < 1.29 is 13.5 Å². The molecule has 1 aromatic heterocycles. The Morgan fingerprint density at radius 2 is 1.86 bits per heavy atom. The van der Waals surface area contributed by atoms with Crippen LogP contribution in [0.5, 0.6) is 5.88 Å². The number of sulfone groups is 1. The Kier molecular flexibility index (Phi) is 5.14. The highest BCUT2D eigenvalue weighted by Crippen LogP contribution is 2.30. The minimum absolute atomic E-state index is 0.0258. The molecule has 1 saturated heterocycles. The molecule has 0 amide bonds. The van der Waals surface area contributed by atoms with Gasteiger partial charge in [-0.2, -0.15) is 0 Å². The van der Waals surface area contributed by atoms with Gasteiger partial charge in [-0.1, -0.05) is 41.4 Å². The third-order valence-corrected chi connectivity index (χ3v) is 7.18. The van der Waals surface area contributed by atoms with Crippen molar-refractivity contribution >= 4 is 50.0 Å². The summed E-state index contributed by atoms with van der Waals surface area (Å²) in [7, 11) is -3.08. The van der Waals surface area contributed by atoms with Crippen LogP contribution in [0, 0.1) is 0 Å². The molecule has 9 heteroatoms. The zero-order chi connectivity index (χ0) is 20.8.